The van der Waals surface area contributed by atoms with E-state index >= 15 is 0 Å². The first-order chi connectivity index (χ1) is 12.5. The zero-order valence-electron chi connectivity index (χ0n) is 17.5. The Labute approximate surface area is 208 Å². The van der Waals surface area contributed by atoms with Crippen molar-refractivity contribution in [1.29, 1.82) is 0 Å². The SMILES string of the molecule is NCC(=O)Oc1ccc(OC(=O)Oc2ccc(OC(=O)CN)cc2)cc1.[H-].[H-].[Na+].[Na+]. The minimum absolute atomic E-state index is 0. The van der Waals surface area contributed by atoms with Crippen molar-refractivity contribution in [1.82, 2.24) is 0 Å². The fourth-order valence-electron chi connectivity index (χ4n) is 1.71. The van der Waals surface area contributed by atoms with Gasteiger partial charge in [0.2, 0.25) is 0 Å². The molecule has 0 saturated heterocycles. The second-order valence-corrected chi connectivity index (χ2v) is 4.75. The summed E-state index contributed by atoms with van der Waals surface area (Å²) in [4.78, 5) is 33.9. The first-order valence-electron chi connectivity index (χ1n) is 7.41. The molecule has 0 heterocycles. The summed E-state index contributed by atoms with van der Waals surface area (Å²) in [5, 5.41) is 0. The van der Waals surface area contributed by atoms with Gasteiger partial charge in [0.1, 0.15) is 23.0 Å². The molecule has 2 rings (SSSR count). The van der Waals surface area contributed by atoms with Gasteiger partial charge >= 0.3 is 77.2 Å². The Morgan fingerprint density at radius 3 is 1.11 bits per heavy atom. The van der Waals surface area contributed by atoms with Crippen LogP contribution >= 0.6 is 0 Å². The van der Waals surface area contributed by atoms with E-state index in [9.17, 15) is 14.4 Å². The molecular formula is C17H18N2Na2O7. The van der Waals surface area contributed by atoms with Crippen molar-refractivity contribution in [2.24, 2.45) is 11.5 Å². The number of nitrogens with two attached hydrogens (primary N) is 2. The maximum Gasteiger partial charge on any atom is 1.00 e. The minimum Gasteiger partial charge on any atom is -1.00 e. The zero-order valence-corrected chi connectivity index (χ0v) is 19.5. The Morgan fingerprint density at radius 2 is 0.857 bits per heavy atom. The molecule has 0 unspecified atom stereocenters. The third-order valence-electron chi connectivity index (χ3n) is 2.85. The van der Waals surface area contributed by atoms with Gasteiger partial charge in [-0.2, -0.15) is 0 Å². The topological polar surface area (TPSA) is 140 Å². The maximum absolute atomic E-state index is 11.8. The fourth-order valence-corrected chi connectivity index (χ4v) is 1.71. The predicted molar refractivity (Wildman–Crippen MR) is 91.1 cm³/mol. The third kappa shape index (κ3) is 9.18. The molecule has 0 amide bonds. The predicted octanol–water partition coefficient (Wildman–Crippen LogP) is -4.77. The molecule has 11 heteroatoms. The molecule has 0 atom stereocenters. The van der Waals surface area contributed by atoms with Crippen molar-refractivity contribution in [3.8, 4) is 23.0 Å². The fraction of sp³-hybridized carbons (Fsp3) is 0.118. The molecule has 4 N–H and O–H groups in total. The molecule has 0 spiro atoms. The van der Waals surface area contributed by atoms with Crippen LogP contribution in [0.1, 0.15) is 2.85 Å². The first kappa shape index (κ1) is 26.6. The van der Waals surface area contributed by atoms with Gasteiger partial charge in [-0.25, -0.2) is 4.79 Å². The Balaban J connectivity index is -0.00000182. The number of rotatable bonds is 6. The van der Waals surface area contributed by atoms with Crippen molar-refractivity contribution >= 4 is 18.1 Å². The van der Waals surface area contributed by atoms with E-state index in [2.05, 4.69) is 0 Å². The van der Waals surface area contributed by atoms with E-state index in [4.69, 9.17) is 30.4 Å². The molecule has 0 aromatic heterocycles. The van der Waals surface area contributed by atoms with E-state index in [-0.39, 0.29) is 98.1 Å². The molecule has 0 aliphatic rings. The summed E-state index contributed by atoms with van der Waals surface area (Å²) >= 11 is 0. The van der Waals surface area contributed by atoms with Crippen LogP contribution in [0.15, 0.2) is 48.5 Å². The molecular weight excluding hydrogens is 390 g/mol. The average molecular weight is 408 g/mol. The molecule has 140 valence electrons. The number of hydrogen-bond donors (Lipinski definition) is 2. The van der Waals surface area contributed by atoms with Crippen LogP contribution in [0.3, 0.4) is 0 Å². The summed E-state index contributed by atoms with van der Waals surface area (Å²) in [6.07, 6.45) is -0.969. The van der Waals surface area contributed by atoms with Crippen LogP contribution in [0.25, 0.3) is 0 Å². The van der Waals surface area contributed by atoms with Crippen LogP contribution < -0.4 is 89.5 Å². The summed E-state index contributed by atoms with van der Waals surface area (Å²) in [5.74, 6) is -0.253. The van der Waals surface area contributed by atoms with Gasteiger partial charge in [-0.3, -0.25) is 9.59 Å². The minimum atomic E-state index is -0.969. The van der Waals surface area contributed by atoms with Gasteiger partial charge in [-0.1, -0.05) is 0 Å². The second-order valence-electron chi connectivity index (χ2n) is 4.75. The normalized spacial score (nSPS) is 9.21. The van der Waals surface area contributed by atoms with Crippen LogP contribution in [-0.2, 0) is 9.59 Å². The van der Waals surface area contributed by atoms with Gasteiger partial charge < -0.3 is 33.3 Å². The molecule has 0 fully saturated rings. The average Bonchev–Trinajstić information content (AvgIpc) is 2.64. The van der Waals surface area contributed by atoms with E-state index < -0.39 is 18.1 Å². The molecule has 2 aromatic rings. The largest absolute Gasteiger partial charge is 1.00 e. The van der Waals surface area contributed by atoms with E-state index in [1.54, 1.807) is 0 Å². The van der Waals surface area contributed by atoms with Crippen molar-refractivity contribution in [3.63, 3.8) is 0 Å². The number of esters is 2. The smallest absolute Gasteiger partial charge is 1.00 e. The van der Waals surface area contributed by atoms with Crippen LogP contribution in [0.5, 0.6) is 23.0 Å². The van der Waals surface area contributed by atoms with Crippen LogP contribution in [0, 0.1) is 0 Å². The quantitative estimate of drug-likeness (QED) is 0.209. The Bertz CT molecular complexity index is 728. The number of carbonyl (C=O) groups is 3. The molecule has 2 aromatic carbocycles. The van der Waals surface area contributed by atoms with Crippen LogP contribution in [-0.4, -0.2) is 31.2 Å². The second kappa shape index (κ2) is 13.7. The summed E-state index contributed by atoms with van der Waals surface area (Å²) in [7, 11) is 0. The number of hydrogen-bond acceptors (Lipinski definition) is 9. The van der Waals surface area contributed by atoms with Crippen molar-refractivity contribution in [3.05, 3.63) is 48.5 Å². The third-order valence-corrected chi connectivity index (χ3v) is 2.85. The Morgan fingerprint density at radius 1 is 0.607 bits per heavy atom. The van der Waals surface area contributed by atoms with E-state index in [0.29, 0.717) is 0 Å². The van der Waals surface area contributed by atoms with Gasteiger partial charge in [0.05, 0.1) is 13.1 Å². The first-order valence-corrected chi connectivity index (χ1v) is 7.41. The van der Waals surface area contributed by atoms with E-state index in [1.807, 2.05) is 0 Å². The molecule has 9 nitrogen and oxygen atoms in total. The Kier molecular flexibility index (Phi) is 13.0. The Hall–Kier alpha value is -1.43. The van der Waals surface area contributed by atoms with Gasteiger partial charge in [0, 0.05) is 0 Å². The molecule has 0 bridgehead atoms. The molecule has 0 aliphatic carbocycles. The summed E-state index contributed by atoms with van der Waals surface area (Å²) in [6.45, 7) is -0.483. The number of benzene rings is 2. The van der Waals surface area contributed by atoms with Gasteiger partial charge in [0.25, 0.3) is 0 Å². The van der Waals surface area contributed by atoms with Crippen molar-refractivity contribution in [2.45, 2.75) is 0 Å². The van der Waals surface area contributed by atoms with E-state index in [0.717, 1.165) is 0 Å². The maximum atomic E-state index is 11.8. The standard InChI is InChI=1S/C17H16N2O7.2Na.2H/c18-9-15(20)23-11-1-5-13(6-2-11)25-17(22)26-14-7-3-12(4-8-14)24-16(21)10-19;;;;/h1-8H,9-10,18-19H2;;;;/q;2*+1;2*-1. The number of ether oxygens (including phenoxy) is 4. The molecule has 28 heavy (non-hydrogen) atoms. The van der Waals surface area contributed by atoms with Gasteiger partial charge in [0.15, 0.2) is 0 Å². The summed E-state index contributed by atoms with van der Waals surface area (Å²) in [5.41, 5.74) is 10.3. The molecule has 0 aliphatic heterocycles. The summed E-state index contributed by atoms with van der Waals surface area (Å²) in [6, 6.07) is 11.5. The van der Waals surface area contributed by atoms with Crippen LogP contribution in [0.4, 0.5) is 4.79 Å². The monoisotopic (exact) mass is 408 g/mol. The molecule has 0 radical (unpaired) electrons. The van der Waals surface area contributed by atoms with Crippen molar-refractivity contribution in [2.75, 3.05) is 13.1 Å². The van der Waals surface area contributed by atoms with Gasteiger partial charge in [-0.05, 0) is 48.5 Å². The molecule has 0 saturated carbocycles. The number of carbonyl (C=O) groups excluding carboxylic acids is 3. The van der Waals surface area contributed by atoms with Gasteiger partial charge in [-0.15, -0.1) is 0 Å². The summed E-state index contributed by atoms with van der Waals surface area (Å²) < 4.78 is 19.8. The van der Waals surface area contributed by atoms with E-state index in [1.165, 1.54) is 48.5 Å². The van der Waals surface area contributed by atoms with Crippen molar-refractivity contribution < 1.29 is 95.3 Å². The zero-order chi connectivity index (χ0) is 18.9. The van der Waals surface area contributed by atoms with Crippen LogP contribution in [0.2, 0.25) is 0 Å².